The van der Waals surface area contributed by atoms with Crippen molar-refractivity contribution in [3.63, 3.8) is 0 Å². The fourth-order valence-corrected chi connectivity index (χ4v) is 1.80. The Hall–Kier alpha value is -2.31. The predicted octanol–water partition coefficient (Wildman–Crippen LogP) is 0.608. The van der Waals surface area contributed by atoms with Gasteiger partial charge in [-0.25, -0.2) is 19.7 Å². The molecule has 7 heteroatoms. The highest BCUT2D eigenvalue weighted by molar-refractivity contribution is 6.16. The van der Waals surface area contributed by atoms with Crippen LogP contribution in [-0.4, -0.2) is 32.9 Å². The van der Waals surface area contributed by atoms with Crippen molar-refractivity contribution < 1.29 is 19.5 Å². The summed E-state index contributed by atoms with van der Waals surface area (Å²) in [6, 6.07) is 0. The summed E-state index contributed by atoms with van der Waals surface area (Å²) in [5.41, 5.74) is -0.388. The molecule has 0 bridgehead atoms. The summed E-state index contributed by atoms with van der Waals surface area (Å²) in [6.45, 7) is 0. The van der Waals surface area contributed by atoms with Crippen LogP contribution in [0.1, 0.15) is 36.2 Å². The van der Waals surface area contributed by atoms with E-state index in [2.05, 4.69) is 9.97 Å². The van der Waals surface area contributed by atoms with Crippen molar-refractivity contribution in [1.82, 2.24) is 9.97 Å². The average molecular weight is 249 g/mol. The van der Waals surface area contributed by atoms with Crippen LogP contribution in [0.4, 0.5) is 5.82 Å². The monoisotopic (exact) mass is 249 g/mol. The summed E-state index contributed by atoms with van der Waals surface area (Å²) < 4.78 is 0. The minimum absolute atomic E-state index is 0.193. The van der Waals surface area contributed by atoms with Gasteiger partial charge >= 0.3 is 5.97 Å². The first kappa shape index (κ1) is 12.2. The normalized spacial score (nSPS) is 16.6. The summed E-state index contributed by atoms with van der Waals surface area (Å²) in [7, 11) is 0. The third-order valence-corrected chi connectivity index (χ3v) is 2.62. The molecular formula is C11H11N3O4. The van der Waals surface area contributed by atoms with Gasteiger partial charge in [-0.05, 0) is 12.8 Å². The predicted molar refractivity (Wildman–Crippen MR) is 60.0 cm³/mol. The number of imide groups is 1. The lowest BCUT2D eigenvalue weighted by Crippen LogP contribution is -2.37. The molecule has 2 heterocycles. The van der Waals surface area contributed by atoms with Crippen molar-refractivity contribution in [2.45, 2.75) is 25.7 Å². The van der Waals surface area contributed by atoms with Gasteiger partial charge in [0.2, 0.25) is 11.8 Å². The Balaban J connectivity index is 2.48. The van der Waals surface area contributed by atoms with Crippen molar-refractivity contribution in [3.8, 4) is 0 Å². The van der Waals surface area contributed by atoms with Crippen molar-refractivity contribution >= 4 is 23.6 Å². The van der Waals surface area contributed by atoms with Crippen LogP contribution in [0, 0.1) is 0 Å². The summed E-state index contributed by atoms with van der Waals surface area (Å²) in [5.74, 6) is -2.37. The minimum Gasteiger partial charge on any atom is -0.476 e. The number of anilines is 1. The average Bonchev–Trinajstić information content (AvgIpc) is 2.50. The number of carboxylic acids is 1. The molecule has 2 rings (SSSR count). The van der Waals surface area contributed by atoms with Crippen LogP contribution in [0.3, 0.4) is 0 Å². The lowest BCUT2D eigenvalue weighted by Gasteiger charge is -2.18. The smallest absolute Gasteiger partial charge is 0.358 e. The quantitative estimate of drug-likeness (QED) is 0.770. The first-order valence-electron chi connectivity index (χ1n) is 5.51. The number of hydrogen-bond donors (Lipinski definition) is 1. The van der Waals surface area contributed by atoms with Gasteiger partial charge in [-0.3, -0.25) is 9.59 Å². The maximum atomic E-state index is 11.8. The fraction of sp³-hybridized carbons (Fsp3) is 0.364. The van der Waals surface area contributed by atoms with E-state index in [9.17, 15) is 14.4 Å². The van der Waals surface area contributed by atoms with Gasteiger partial charge in [0.15, 0.2) is 11.5 Å². The molecule has 1 fully saturated rings. The summed E-state index contributed by atoms with van der Waals surface area (Å²) in [4.78, 5) is 43.0. The van der Waals surface area contributed by atoms with E-state index in [1.54, 1.807) is 0 Å². The van der Waals surface area contributed by atoms with Crippen LogP contribution in [-0.2, 0) is 9.59 Å². The van der Waals surface area contributed by atoms with E-state index < -0.39 is 17.8 Å². The highest BCUT2D eigenvalue weighted by Crippen LogP contribution is 2.21. The van der Waals surface area contributed by atoms with Gasteiger partial charge < -0.3 is 5.11 Å². The number of aromatic nitrogens is 2. The third kappa shape index (κ3) is 2.20. The number of carbonyl (C=O) groups is 3. The van der Waals surface area contributed by atoms with Gasteiger partial charge in [0.05, 0.1) is 0 Å². The molecule has 7 nitrogen and oxygen atoms in total. The number of amides is 2. The number of rotatable bonds is 2. The van der Waals surface area contributed by atoms with Crippen LogP contribution in [0.5, 0.6) is 0 Å². The molecule has 0 aromatic carbocycles. The molecule has 94 valence electrons. The molecule has 0 unspecified atom stereocenters. The van der Waals surface area contributed by atoms with E-state index in [1.165, 1.54) is 12.4 Å². The van der Waals surface area contributed by atoms with E-state index in [-0.39, 0.29) is 24.4 Å². The summed E-state index contributed by atoms with van der Waals surface area (Å²) in [5, 5.41) is 8.99. The Morgan fingerprint density at radius 1 is 1.11 bits per heavy atom. The Morgan fingerprint density at radius 3 is 2.22 bits per heavy atom. The van der Waals surface area contributed by atoms with Crippen LogP contribution >= 0.6 is 0 Å². The fourth-order valence-electron chi connectivity index (χ4n) is 1.80. The molecule has 2 amide bonds. The van der Waals surface area contributed by atoms with Crippen molar-refractivity contribution in [2.75, 3.05) is 4.90 Å². The lowest BCUT2D eigenvalue weighted by molar-refractivity contribution is -0.125. The number of nitrogens with zero attached hydrogens (tertiary/aromatic N) is 3. The molecule has 1 saturated heterocycles. The number of carboxylic acid groups (broad SMARTS) is 1. The molecular weight excluding hydrogens is 238 g/mol. The summed E-state index contributed by atoms with van der Waals surface area (Å²) >= 11 is 0. The SMILES string of the molecule is O=C(O)c1nccnc1N1C(=O)CCCCC1=O. The molecule has 0 saturated carbocycles. The molecule has 1 aromatic heterocycles. The Labute approximate surface area is 102 Å². The number of carbonyl (C=O) groups excluding carboxylic acids is 2. The first-order chi connectivity index (χ1) is 8.61. The van der Waals surface area contributed by atoms with E-state index in [0.717, 1.165) is 4.90 Å². The van der Waals surface area contributed by atoms with Crippen LogP contribution < -0.4 is 4.90 Å². The first-order valence-corrected chi connectivity index (χ1v) is 5.51. The molecule has 1 aliphatic heterocycles. The number of hydrogen-bond acceptors (Lipinski definition) is 5. The van der Waals surface area contributed by atoms with Gasteiger partial charge in [0, 0.05) is 25.2 Å². The highest BCUT2D eigenvalue weighted by Gasteiger charge is 2.30. The highest BCUT2D eigenvalue weighted by atomic mass is 16.4. The van der Waals surface area contributed by atoms with Gasteiger partial charge in [-0.15, -0.1) is 0 Å². The van der Waals surface area contributed by atoms with E-state index in [4.69, 9.17) is 5.11 Å². The largest absolute Gasteiger partial charge is 0.476 e. The van der Waals surface area contributed by atoms with Gasteiger partial charge in [-0.2, -0.15) is 0 Å². The second kappa shape index (κ2) is 4.91. The zero-order valence-corrected chi connectivity index (χ0v) is 9.50. The van der Waals surface area contributed by atoms with Gasteiger partial charge in [0.1, 0.15) is 0 Å². The zero-order chi connectivity index (χ0) is 13.1. The van der Waals surface area contributed by atoms with Crippen molar-refractivity contribution in [2.24, 2.45) is 0 Å². The molecule has 1 aliphatic rings. The standard InChI is InChI=1S/C11H11N3O4/c15-7-3-1-2-4-8(16)14(7)10-9(11(17)18)12-5-6-13-10/h5-6H,1-4H2,(H,17,18). The van der Waals surface area contributed by atoms with Crippen molar-refractivity contribution in [1.29, 1.82) is 0 Å². The maximum Gasteiger partial charge on any atom is 0.358 e. The topological polar surface area (TPSA) is 100 Å². The van der Waals surface area contributed by atoms with Crippen LogP contribution in [0.2, 0.25) is 0 Å². The molecule has 18 heavy (non-hydrogen) atoms. The second-order valence-corrected chi connectivity index (χ2v) is 3.86. The second-order valence-electron chi connectivity index (χ2n) is 3.86. The number of aromatic carboxylic acids is 1. The molecule has 0 aliphatic carbocycles. The third-order valence-electron chi connectivity index (χ3n) is 2.62. The summed E-state index contributed by atoms with van der Waals surface area (Å²) in [6.07, 6.45) is 4.11. The molecule has 0 radical (unpaired) electrons. The van der Waals surface area contributed by atoms with Crippen LogP contribution in [0.15, 0.2) is 12.4 Å². The lowest BCUT2D eigenvalue weighted by atomic mass is 10.2. The van der Waals surface area contributed by atoms with Gasteiger partial charge in [0.25, 0.3) is 0 Å². The molecule has 0 atom stereocenters. The Bertz CT molecular complexity index is 497. The molecule has 1 aromatic rings. The Kier molecular flexibility index (Phi) is 3.31. The Morgan fingerprint density at radius 2 is 1.67 bits per heavy atom. The maximum absolute atomic E-state index is 11.8. The van der Waals surface area contributed by atoms with Gasteiger partial charge in [-0.1, -0.05) is 0 Å². The van der Waals surface area contributed by atoms with E-state index >= 15 is 0 Å². The molecule has 0 spiro atoms. The minimum atomic E-state index is -1.32. The van der Waals surface area contributed by atoms with E-state index in [0.29, 0.717) is 12.8 Å². The van der Waals surface area contributed by atoms with Crippen molar-refractivity contribution in [3.05, 3.63) is 18.1 Å². The van der Waals surface area contributed by atoms with Crippen LogP contribution in [0.25, 0.3) is 0 Å². The van der Waals surface area contributed by atoms with E-state index in [1.807, 2.05) is 0 Å². The molecule has 1 N–H and O–H groups in total. The zero-order valence-electron chi connectivity index (χ0n) is 9.50.